The van der Waals surface area contributed by atoms with Crippen molar-refractivity contribution in [3.63, 3.8) is 0 Å². The molecular weight excluding hydrogens is 274 g/mol. The van der Waals surface area contributed by atoms with Gasteiger partial charge >= 0.3 is 5.97 Å². The Labute approximate surface area is 107 Å². The van der Waals surface area contributed by atoms with Crippen LogP contribution in [0.25, 0.3) is 11.0 Å². The van der Waals surface area contributed by atoms with Crippen LogP contribution in [0.4, 0.5) is 0 Å². The average Bonchev–Trinajstić information content (AvgIpc) is 2.19. The predicted octanol–water partition coefficient (Wildman–Crippen LogP) is 3.06. The van der Waals surface area contributed by atoms with Gasteiger partial charge in [-0.15, -0.1) is 12.4 Å². The maximum absolute atomic E-state index is 10.7. The average molecular weight is 280 g/mol. The molecule has 1 N–H and O–H groups in total. The van der Waals surface area contributed by atoms with Crippen molar-refractivity contribution < 1.29 is 9.90 Å². The molecule has 1 heterocycles. The number of carbonyl (C=O) groups is 1. The van der Waals surface area contributed by atoms with Gasteiger partial charge in [-0.25, -0.2) is 14.8 Å². The number of aromatic carboxylic acids is 1. The van der Waals surface area contributed by atoms with E-state index >= 15 is 0 Å². The lowest BCUT2D eigenvalue weighted by Gasteiger charge is -2.00. The quantitative estimate of drug-likeness (QED) is 0.871. The molecule has 0 amide bonds. The zero-order valence-electron chi connectivity index (χ0n) is 7.65. The molecule has 0 aliphatic carbocycles. The van der Waals surface area contributed by atoms with Crippen molar-refractivity contribution in [2.45, 2.75) is 0 Å². The summed E-state index contributed by atoms with van der Waals surface area (Å²) in [5, 5.41) is 8.93. The van der Waals surface area contributed by atoms with Crippen LogP contribution < -0.4 is 0 Å². The molecule has 16 heavy (non-hydrogen) atoms. The molecule has 2 aromatic rings. The Kier molecular flexibility index (Phi) is 3.91. The topological polar surface area (TPSA) is 63.1 Å². The van der Waals surface area contributed by atoms with Crippen LogP contribution in [0.3, 0.4) is 0 Å². The highest BCUT2D eigenvalue weighted by Gasteiger charge is 2.08. The SMILES string of the molecule is Cl.O=C(O)c1ccc2nc(Cl)c(Cl)nc2c1. The molecule has 0 aliphatic rings. The third kappa shape index (κ3) is 2.35. The maximum atomic E-state index is 10.7. The first-order valence-corrected chi connectivity index (χ1v) is 4.69. The minimum absolute atomic E-state index is 0. The fourth-order valence-electron chi connectivity index (χ4n) is 1.14. The van der Waals surface area contributed by atoms with Crippen LogP contribution in [0.15, 0.2) is 18.2 Å². The van der Waals surface area contributed by atoms with Gasteiger partial charge in [-0.1, -0.05) is 23.2 Å². The Balaban J connectivity index is 0.00000128. The van der Waals surface area contributed by atoms with Gasteiger partial charge in [-0.2, -0.15) is 0 Å². The second-order valence-electron chi connectivity index (χ2n) is 2.81. The van der Waals surface area contributed by atoms with Crippen molar-refractivity contribution >= 4 is 52.6 Å². The number of halogens is 3. The number of carboxylic acids is 1. The molecule has 0 aliphatic heterocycles. The summed E-state index contributed by atoms with van der Waals surface area (Å²) in [5.74, 6) is -1.02. The second kappa shape index (κ2) is 4.82. The van der Waals surface area contributed by atoms with Crippen LogP contribution >= 0.6 is 35.6 Å². The fraction of sp³-hybridized carbons (Fsp3) is 0. The largest absolute Gasteiger partial charge is 0.478 e. The summed E-state index contributed by atoms with van der Waals surface area (Å²) in [7, 11) is 0. The molecule has 0 saturated carbocycles. The predicted molar refractivity (Wildman–Crippen MR) is 63.8 cm³/mol. The van der Waals surface area contributed by atoms with Crippen LogP contribution in [-0.2, 0) is 0 Å². The van der Waals surface area contributed by atoms with E-state index in [1.807, 2.05) is 0 Å². The lowest BCUT2D eigenvalue weighted by molar-refractivity contribution is 0.0697. The van der Waals surface area contributed by atoms with Gasteiger partial charge in [-0.05, 0) is 18.2 Å². The van der Waals surface area contributed by atoms with Crippen LogP contribution in [0.5, 0.6) is 0 Å². The highest BCUT2D eigenvalue weighted by atomic mass is 35.5. The molecule has 84 valence electrons. The third-order valence-electron chi connectivity index (χ3n) is 1.83. The molecule has 2 rings (SSSR count). The van der Waals surface area contributed by atoms with Crippen molar-refractivity contribution in [3.8, 4) is 0 Å². The van der Waals surface area contributed by atoms with Crippen LogP contribution in [0.2, 0.25) is 10.3 Å². The fourth-order valence-corrected chi connectivity index (χ4v) is 1.41. The Morgan fingerprint density at radius 2 is 1.69 bits per heavy atom. The van der Waals surface area contributed by atoms with E-state index in [4.69, 9.17) is 28.3 Å². The first-order valence-electron chi connectivity index (χ1n) is 3.94. The first-order chi connectivity index (χ1) is 7.08. The van der Waals surface area contributed by atoms with Gasteiger partial charge in [0.1, 0.15) is 0 Å². The standard InChI is InChI=1S/C9H4Cl2N2O2.ClH/c10-7-8(11)13-6-3-4(9(14)15)1-2-5(6)12-7;/h1-3H,(H,14,15);1H. The number of hydrogen-bond donors (Lipinski definition) is 1. The zero-order chi connectivity index (χ0) is 11.0. The molecule has 0 fully saturated rings. The smallest absolute Gasteiger partial charge is 0.335 e. The van der Waals surface area contributed by atoms with Crippen molar-refractivity contribution in [3.05, 3.63) is 34.1 Å². The number of aromatic nitrogens is 2. The molecule has 0 radical (unpaired) electrons. The van der Waals surface area contributed by atoms with E-state index in [-0.39, 0.29) is 28.3 Å². The maximum Gasteiger partial charge on any atom is 0.335 e. The Morgan fingerprint density at radius 1 is 1.12 bits per heavy atom. The van der Waals surface area contributed by atoms with E-state index in [2.05, 4.69) is 9.97 Å². The van der Waals surface area contributed by atoms with Crippen molar-refractivity contribution in [1.29, 1.82) is 0 Å². The molecule has 7 heteroatoms. The van der Waals surface area contributed by atoms with Crippen molar-refractivity contribution in [2.75, 3.05) is 0 Å². The lowest BCUT2D eigenvalue weighted by atomic mass is 10.2. The van der Waals surface area contributed by atoms with Crippen molar-refractivity contribution in [2.24, 2.45) is 0 Å². The minimum Gasteiger partial charge on any atom is -0.478 e. The number of benzene rings is 1. The molecule has 0 spiro atoms. The molecule has 0 atom stereocenters. The normalized spacial score (nSPS) is 9.88. The molecule has 0 unspecified atom stereocenters. The summed E-state index contributed by atoms with van der Waals surface area (Å²) in [5.41, 5.74) is 1.05. The van der Waals surface area contributed by atoms with Gasteiger partial charge in [0.15, 0.2) is 10.3 Å². The van der Waals surface area contributed by atoms with E-state index in [1.54, 1.807) is 0 Å². The highest BCUT2D eigenvalue weighted by molar-refractivity contribution is 6.40. The third-order valence-corrected chi connectivity index (χ3v) is 2.45. The molecule has 0 bridgehead atoms. The zero-order valence-corrected chi connectivity index (χ0v) is 9.97. The molecule has 4 nitrogen and oxygen atoms in total. The van der Waals surface area contributed by atoms with Gasteiger partial charge < -0.3 is 5.11 Å². The summed E-state index contributed by atoms with van der Waals surface area (Å²) in [6, 6.07) is 4.37. The minimum atomic E-state index is -1.02. The van der Waals surface area contributed by atoms with Gasteiger partial charge in [-0.3, -0.25) is 0 Å². The molecule has 1 aromatic heterocycles. The van der Waals surface area contributed by atoms with Gasteiger partial charge in [0, 0.05) is 0 Å². The monoisotopic (exact) mass is 278 g/mol. The number of rotatable bonds is 1. The number of carboxylic acid groups (broad SMARTS) is 1. The van der Waals surface area contributed by atoms with Crippen LogP contribution in [0.1, 0.15) is 10.4 Å². The summed E-state index contributed by atoms with van der Waals surface area (Å²) < 4.78 is 0. The van der Waals surface area contributed by atoms with E-state index < -0.39 is 5.97 Å². The summed E-state index contributed by atoms with van der Waals surface area (Å²) in [4.78, 5) is 18.6. The number of hydrogen-bond acceptors (Lipinski definition) is 3. The molecule has 0 saturated heterocycles. The summed E-state index contributed by atoms with van der Waals surface area (Å²) >= 11 is 11.3. The van der Waals surface area contributed by atoms with Gasteiger partial charge in [0.05, 0.1) is 16.6 Å². The molecule has 1 aromatic carbocycles. The number of fused-ring (bicyclic) bond motifs is 1. The number of nitrogens with zero attached hydrogens (tertiary/aromatic N) is 2. The van der Waals surface area contributed by atoms with E-state index in [0.29, 0.717) is 11.0 Å². The lowest BCUT2D eigenvalue weighted by Crippen LogP contribution is -1.97. The van der Waals surface area contributed by atoms with Gasteiger partial charge in [0.25, 0.3) is 0 Å². The Morgan fingerprint density at radius 3 is 2.25 bits per heavy atom. The Hall–Kier alpha value is -1.10. The van der Waals surface area contributed by atoms with E-state index in [1.165, 1.54) is 18.2 Å². The summed E-state index contributed by atoms with van der Waals surface area (Å²) in [6.45, 7) is 0. The van der Waals surface area contributed by atoms with E-state index in [9.17, 15) is 4.79 Å². The highest BCUT2D eigenvalue weighted by Crippen LogP contribution is 2.21. The summed E-state index contributed by atoms with van der Waals surface area (Å²) in [6.07, 6.45) is 0. The first kappa shape index (κ1) is 13.0. The Bertz CT molecular complexity index is 560. The van der Waals surface area contributed by atoms with Crippen molar-refractivity contribution in [1.82, 2.24) is 9.97 Å². The van der Waals surface area contributed by atoms with Crippen LogP contribution in [0, 0.1) is 0 Å². The molecular formula is C9H5Cl3N2O2. The van der Waals surface area contributed by atoms with Crippen LogP contribution in [-0.4, -0.2) is 21.0 Å². The van der Waals surface area contributed by atoms with E-state index in [0.717, 1.165) is 0 Å². The van der Waals surface area contributed by atoms with Gasteiger partial charge in [0.2, 0.25) is 0 Å². The second-order valence-corrected chi connectivity index (χ2v) is 3.53.